The van der Waals surface area contributed by atoms with Gasteiger partial charge in [0.2, 0.25) is 5.88 Å². The van der Waals surface area contributed by atoms with Crippen molar-refractivity contribution in [2.75, 3.05) is 7.11 Å². The standard InChI is InChI=1S/C25H28N2O2/c1-29-24-13-10-19-14-20(11-12-23(19)26-24)25(28)15-21-8-5-9-22(16-25)27(21)17-18-6-3-2-4-7-18/h2-4,6-7,10-14,21-22,28H,5,8-9,15-17H2,1H3. The summed E-state index contributed by atoms with van der Waals surface area (Å²) in [4.78, 5) is 7.15. The Kier molecular flexibility index (Phi) is 4.76. The molecule has 0 amide bonds. The summed E-state index contributed by atoms with van der Waals surface area (Å²) in [7, 11) is 1.63. The number of ether oxygens (including phenoxy) is 1. The number of hydrogen-bond acceptors (Lipinski definition) is 4. The van der Waals surface area contributed by atoms with Crippen LogP contribution in [0.5, 0.6) is 5.88 Å². The molecule has 4 nitrogen and oxygen atoms in total. The third-order valence-electron chi connectivity index (χ3n) is 6.78. The van der Waals surface area contributed by atoms with Gasteiger partial charge in [0.25, 0.3) is 0 Å². The van der Waals surface area contributed by atoms with Crippen molar-refractivity contribution in [1.29, 1.82) is 0 Å². The van der Waals surface area contributed by atoms with Gasteiger partial charge in [0.05, 0.1) is 18.2 Å². The zero-order valence-corrected chi connectivity index (χ0v) is 16.9. The SMILES string of the molecule is COc1ccc2cc(C3(O)CC4CCCC(C3)N4Cc3ccccc3)ccc2n1. The average Bonchev–Trinajstić information content (AvgIpc) is 2.74. The van der Waals surface area contributed by atoms with Crippen LogP contribution in [0.3, 0.4) is 0 Å². The molecular weight excluding hydrogens is 360 g/mol. The van der Waals surface area contributed by atoms with Crippen LogP contribution in [0.25, 0.3) is 10.9 Å². The summed E-state index contributed by atoms with van der Waals surface area (Å²) in [6.07, 6.45) is 5.19. The van der Waals surface area contributed by atoms with E-state index >= 15 is 0 Å². The highest BCUT2D eigenvalue weighted by atomic mass is 16.5. The highest BCUT2D eigenvalue weighted by molar-refractivity contribution is 5.80. The molecule has 5 rings (SSSR count). The smallest absolute Gasteiger partial charge is 0.213 e. The first-order valence-corrected chi connectivity index (χ1v) is 10.6. The first kappa shape index (κ1) is 18.6. The Morgan fingerprint density at radius 1 is 1.03 bits per heavy atom. The van der Waals surface area contributed by atoms with Crippen LogP contribution in [0.4, 0.5) is 0 Å². The molecule has 2 unspecified atom stereocenters. The van der Waals surface area contributed by atoms with Crippen LogP contribution in [-0.2, 0) is 12.1 Å². The van der Waals surface area contributed by atoms with Gasteiger partial charge in [-0.15, -0.1) is 0 Å². The maximum absolute atomic E-state index is 11.7. The normalized spacial score (nSPS) is 27.1. The quantitative estimate of drug-likeness (QED) is 0.707. The fraction of sp³-hybridized carbons (Fsp3) is 0.400. The van der Waals surface area contributed by atoms with Crippen molar-refractivity contribution in [3.05, 3.63) is 71.8 Å². The molecule has 29 heavy (non-hydrogen) atoms. The second-order valence-electron chi connectivity index (χ2n) is 8.60. The lowest BCUT2D eigenvalue weighted by Gasteiger charge is -2.52. The molecule has 3 heterocycles. The van der Waals surface area contributed by atoms with Gasteiger partial charge in [-0.05, 0) is 55.0 Å². The van der Waals surface area contributed by atoms with E-state index in [9.17, 15) is 5.11 Å². The van der Waals surface area contributed by atoms with Crippen LogP contribution in [-0.4, -0.2) is 34.2 Å². The van der Waals surface area contributed by atoms with Crippen molar-refractivity contribution >= 4 is 10.9 Å². The van der Waals surface area contributed by atoms with E-state index in [0.29, 0.717) is 18.0 Å². The third kappa shape index (κ3) is 3.52. The van der Waals surface area contributed by atoms with Crippen LogP contribution in [0, 0.1) is 0 Å². The highest BCUT2D eigenvalue weighted by Gasteiger charge is 2.46. The number of fused-ring (bicyclic) bond motifs is 3. The molecule has 1 N–H and O–H groups in total. The Bertz CT molecular complexity index is 990. The minimum absolute atomic E-state index is 0.428. The van der Waals surface area contributed by atoms with Gasteiger partial charge in [-0.2, -0.15) is 0 Å². The van der Waals surface area contributed by atoms with Gasteiger partial charge in [-0.3, -0.25) is 4.90 Å². The fourth-order valence-electron chi connectivity index (χ4n) is 5.32. The molecule has 2 aromatic carbocycles. The molecule has 0 spiro atoms. The number of nitrogens with zero attached hydrogens (tertiary/aromatic N) is 2. The lowest BCUT2D eigenvalue weighted by molar-refractivity contribution is -0.0998. The maximum atomic E-state index is 11.7. The summed E-state index contributed by atoms with van der Waals surface area (Å²) >= 11 is 0. The summed E-state index contributed by atoms with van der Waals surface area (Å²) in [6, 6.07) is 21.7. The number of piperidine rings is 2. The molecule has 0 aliphatic carbocycles. The molecule has 2 fully saturated rings. The second kappa shape index (κ2) is 7.43. The van der Waals surface area contributed by atoms with Crippen molar-refractivity contribution in [1.82, 2.24) is 9.88 Å². The van der Waals surface area contributed by atoms with Crippen molar-refractivity contribution < 1.29 is 9.84 Å². The van der Waals surface area contributed by atoms with Gasteiger partial charge in [0, 0.05) is 30.1 Å². The number of benzene rings is 2. The zero-order valence-electron chi connectivity index (χ0n) is 16.9. The van der Waals surface area contributed by atoms with Gasteiger partial charge >= 0.3 is 0 Å². The minimum atomic E-state index is -0.767. The van der Waals surface area contributed by atoms with Gasteiger partial charge < -0.3 is 9.84 Å². The summed E-state index contributed by atoms with van der Waals surface area (Å²) in [5, 5.41) is 12.8. The summed E-state index contributed by atoms with van der Waals surface area (Å²) in [5.41, 5.74) is 2.52. The van der Waals surface area contributed by atoms with Crippen LogP contribution >= 0.6 is 0 Å². The maximum Gasteiger partial charge on any atom is 0.213 e. The molecule has 0 saturated carbocycles. The molecule has 0 radical (unpaired) electrons. The van der Waals surface area contributed by atoms with E-state index in [0.717, 1.165) is 48.7 Å². The zero-order chi connectivity index (χ0) is 19.8. The van der Waals surface area contributed by atoms with Gasteiger partial charge in [-0.25, -0.2) is 4.98 Å². The van der Waals surface area contributed by atoms with E-state index in [4.69, 9.17) is 4.74 Å². The van der Waals surface area contributed by atoms with E-state index in [1.807, 2.05) is 18.2 Å². The largest absolute Gasteiger partial charge is 0.481 e. The molecule has 150 valence electrons. The molecule has 4 heteroatoms. The summed E-state index contributed by atoms with van der Waals surface area (Å²) in [6.45, 7) is 0.980. The summed E-state index contributed by atoms with van der Waals surface area (Å²) in [5.74, 6) is 0.618. The topological polar surface area (TPSA) is 45.6 Å². The molecule has 2 saturated heterocycles. The van der Waals surface area contributed by atoms with E-state index in [1.54, 1.807) is 7.11 Å². The predicted molar refractivity (Wildman–Crippen MR) is 115 cm³/mol. The first-order chi connectivity index (χ1) is 14.1. The van der Waals surface area contributed by atoms with Crippen molar-refractivity contribution in [3.63, 3.8) is 0 Å². The van der Waals surface area contributed by atoms with Crippen molar-refractivity contribution in [2.24, 2.45) is 0 Å². The Balaban J connectivity index is 1.42. The number of hydrogen-bond donors (Lipinski definition) is 1. The molecule has 3 aromatic rings. The lowest BCUT2D eigenvalue weighted by Crippen LogP contribution is -2.56. The van der Waals surface area contributed by atoms with Crippen LogP contribution in [0.2, 0.25) is 0 Å². The molecule has 2 atom stereocenters. The number of rotatable bonds is 4. The van der Waals surface area contributed by atoms with Gasteiger partial charge in [0.15, 0.2) is 0 Å². The molecule has 2 aliphatic heterocycles. The Morgan fingerprint density at radius 2 is 1.79 bits per heavy atom. The van der Waals surface area contributed by atoms with Crippen LogP contribution in [0.15, 0.2) is 60.7 Å². The number of pyridine rings is 1. The van der Waals surface area contributed by atoms with Gasteiger partial charge in [0.1, 0.15) is 0 Å². The minimum Gasteiger partial charge on any atom is -0.481 e. The van der Waals surface area contributed by atoms with Crippen molar-refractivity contribution in [3.8, 4) is 5.88 Å². The molecule has 1 aromatic heterocycles. The lowest BCUT2D eigenvalue weighted by atomic mass is 9.72. The van der Waals surface area contributed by atoms with E-state index < -0.39 is 5.60 Å². The van der Waals surface area contributed by atoms with Crippen LogP contribution < -0.4 is 4.74 Å². The highest BCUT2D eigenvalue weighted by Crippen LogP contribution is 2.45. The fourth-order valence-corrected chi connectivity index (χ4v) is 5.32. The van der Waals surface area contributed by atoms with E-state index in [2.05, 4.69) is 52.3 Å². The van der Waals surface area contributed by atoms with Gasteiger partial charge in [-0.1, -0.05) is 42.8 Å². The monoisotopic (exact) mass is 388 g/mol. The van der Waals surface area contributed by atoms with E-state index in [-0.39, 0.29) is 0 Å². The van der Waals surface area contributed by atoms with E-state index in [1.165, 1.54) is 12.0 Å². The van der Waals surface area contributed by atoms with Crippen molar-refractivity contribution in [2.45, 2.75) is 56.3 Å². The molecular formula is C25H28N2O2. The Morgan fingerprint density at radius 3 is 2.52 bits per heavy atom. The summed E-state index contributed by atoms with van der Waals surface area (Å²) < 4.78 is 5.23. The molecule has 2 aliphatic rings. The third-order valence-corrected chi connectivity index (χ3v) is 6.78. The average molecular weight is 389 g/mol. The number of aliphatic hydroxyl groups is 1. The predicted octanol–water partition coefficient (Wildman–Crippen LogP) is 4.65. The molecule has 2 bridgehead atoms. The second-order valence-corrected chi connectivity index (χ2v) is 8.60. The number of methoxy groups -OCH3 is 1. The first-order valence-electron chi connectivity index (χ1n) is 10.6. The van der Waals surface area contributed by atoms with Crippen LogP contribution in [0.1, 0.15) is 43.2 Å². The number of aromatic nitrogens is 1. The Labute approximate surface area is 172 Å². The Hall–Kier alpha value is -2.43.